The molecule has 0 unspecified atom stereocenters. The van der Waals surface area contributed by atoms with Gasteiger partial charge in [0.15, 0.2) is 11.6 Å². The predicted molar refractivity (Wildman–Crippen MR) is 168 cm³/mol. The van der Waals surface area contributed by atoms with Crippen LogP contribution < -0.4 is 0 Å². The first-order valence-electron chi connectivity index (χ1n) is 14.2. The Labute approximate surface area is 250 Å². The first-order chi connectivity index (χ1) is 17.9. The number of aliphatic hydroxyl groups is 3. The van der Waals surface area contributed by atoms with Crippen LogP contribution in [-0.4, -0.2) is 59.8 Å². The van der Waals surface area contributed by atoms with E-state index in [4.69, 9.17) is 0 Å². The number of ketones is 2. The molecule has 1 saturated heterocycles. The highest BCUT2D eigenvalue weighted by molar-refractivity contribution is 8.22. The van der Waals surface area contributed by atoms with E-state index in [1.807, 2.05) is 0 Å². The van der Waals surface area contributed by atoms with Crippen molar-refractivity contribution >= 4 is 35.1 Å². The summed E-state index contributed by atoms with van der Waals surface area (Å²) in [4.78, 5) is 28.0. The maximum absolute atomic E-state index is 14.0. The van der Waals surface area contributed by atoms with Crippen LogP contribution in [0, 0.1) is 21.7 Å². The summed E-state index contributed by atoms with van der Waals surface area (Å²) in [5.74, 6) is 0.106. The number of aliphatic hydroxyl groups excluding tert-OH is 3. The third-order valence-corrected chi connectivity index (χ3v) is 11.5. The van der Waals surface area contributed by atoms with Crippen LogP contribution in [0.2, 0.25) is 0 Å². The SMILES string of the molecule is CC(C)(C)C1=CC2(C=C(C(C)(C)C)C1=O)SC(C[C@@H](O)[C@H](O)CO)SC21C=C(C(C)(C)C)C(=O)C(C(C)(C)C)=C1. The van der Waals surface area contributed by atoms with E-state index < -0.39 is 50.0 Å². The second-order valence-electron chi connectivity index (χ2n) is 15.7. The average Bonchev–Trinajstić information content (AvgIpc) is 3.04. The summed E-state index contributed by atoms with van der Waals surface area (Å²) in [5.41, 5.74) is 1.34. The van der Waals surface area contributed by atoms with Crippen LogP contribution in [0.15, 0.2) is 46.6 Å². The van der Waals surface area contributed by atoms with E-state index in [0.29, 0.717) is 0 Å². The van der Waals surface area contributed by atoms with Crippen molar-refractivity contribution in [3.63, 3.8) is 0 Å². The van der Waals surface area contributed by atoms with E-state index in [2.05, 4.69) is 107 Å². The number of hydrogen-bond donors (Lipinski definition) is 3. The Balaban J connectivity index is 2.45. The number of Topliss-reactive ketones (excluding diaryl/α,β-unsaturated/α-hetero) is 2. The quantitative estimate of drug-likeness (QED) is 0.347. The van der Waals surface area contributed by atoms with Crippen molar-refractivity contribution in [1.29, 1.82) is 0 Å². The third-order valence-electron chi connectivity index (χ3n) is 7.97. The molecule has 1 heterocycles. The summed E-state index contributed by atoms with van der Waals surface area (Å²) in [5, 5.41) is 30.4. The van der Waals surface area contributed by atoms with Crippen LogP contribution in [0.5, 0.6) is 0 Å². The molecule has 0 aromatic rings. The maximum Gasteiger partial charge on any atom is 0.185 e. The Bertz CT molecular complexity index is 1020. The molecular weight excluding hydrogens is 540 g/mol. The van der Waals surface area contributed by atoms with Crippen molar-refractivity contribution < 1.29 is 24.9 Å². The van der Waals surface area contributed by atoms with E-state index in [1.165, 1.54) is 0 Å². The highest BCUT2D eigenvalue weighted by atomic mass is 32.2. The molecule has 7 heteroatoms. The number of carbonyl (C=O) groups excluding carboxylic acids is 2. The molecule has 2 aliphatic carbocycles. The summed E-state index contributed by atoms with van der Waals surface area (Å²) in [6, 6.07) is 0. The van der Waals surface area contributed by atoms with Crippen LogP contribution >= 0.6 is 23.5 Å². The van der Waals surface area contributed by atoms with Gasteiger partial charge in [0.25, 0.3) is 0 Å². The van der Waals surface area contributed by atoms with Crippen molar-refractivity contribution in [1.82, 2.24) is 0 Å². The van der Waals surface area contributed by atoms with Crippen LogP contribution in [0.4, 0.5) is 0 Å². The number of thioether (sulfide) groups is 2. The average molecular weight is 591 g/mol. The number of rotatable bonds is 4. The molecule has 0 aromatic heterocycles. The molecule has 0 aromatic carbocycles. The van der Waals surface area contributed by atoms with Gasteiger partial charge < -0.3 is 15.3 Å². The first kappa shape index (κ1) is 33.4. The fourth-order valence-electron chi connectivity index (χ4n) is 5.52. The summed E-state index contributed by atoms with van der Waals surface area (Å²) in [7, 11) is 0. The maximum atomic E-state index is 14.0. The molecule has 2 spiro atoms. The van der Waals surface area contributed by atoms with Gasteiger partial charge in [-0.05, 0) is 28.1 Å². The molecule has 5 nitrogen and oxygen atoms in total. The fourth-order valence-corrected chi connectivity index (χ4v) is 9.77. The van der Waals surface area contributed by atoms with Crippen LogP contribution in [0.3, 0.4) is 0 Å². The molecule has 3 N–H and O–H groups in total. The highest BCUT2D eigenvalue weighted by Gasteiger charge is 2.61. The number of allylic oxidation sites excluding steroid dienone is 4. The Hall–Kier alpha value is -1.12. The lowest BCUT2D eigenvalue weighted by atomic mass is 9.65. The molecule has 0 bridgehead atoms. The zero-order valence-electron chi connectivity index (χ0n) is 26.4. The lowest BCUT2D eigenvalue weighted by Crippen LogP contribution is -2.48. The molecule has 3 rings (SSSR count). The summed E-state index contributed by atoms with van der Waals surface area (Å²) in [6.45, 7) is 24.2. The van der Waals surface area contributed by atoms with E-state index in [0.717, 1.165) is 22.3 Å². The third kappa shape index (κ3) is 6.15. The summed E-state index contributed by atoms with van der Waals surface area (Å²) < 4.78 is -1.62. The van der Waals surface area contributed by atoms with Gasteiger partial charge in [-0.2, -0.15) is 0 Å². The first-order valence-corrected chi connectivity index (χ1v) is 16.0. The standard InChI is InChI=1S/C33H50O5S2/c1-28(2,3)19-14-32(15-20(26(19)37)29(4,5)6)33(40-25(39-32)13-23(35)24(36)18-34)16-21(30(7,8)9)27(38)22(17-33)31(10,11)12/h14-17,23-25,34-36H,13,18H2,1-12H3/t23-,24-/m1/s1. The fraction of sp³-hybridized carbons (Fsp3) is 0.697. The van der Waals surface area contributed by atoms with Crippen molar-refractivity contribution in [3.8, 4) is 0 Å². The molecule has 3 aliphatic rings. The molecule has 1 fully saturated rings. The molecule has 0 amide bonds. The van der Waals surface area contributed by atoms with E-state index >= 15 is 0 Å². The van der Waals surface area contributed by atoms with Gasteiger partial charge in [0.1, 0.15) is 6.10 Å². The van der Waals surface area contributed by atoms with Crippen LogP contribution in [0.25, 0.3) is 0 Å². The Kier molecular flexibility index (Phi) is 8.81. The van der Waals surface area contributed by atoms with Gasteiger partial charge in [0.05, 0.1) is 26.8 Å². The van der Waals surface area contributed by atoms with Crippen molar-refractivity contribution in [3.05, 3.63) is 46.6 Å². The molecular formula is C33H50O5S2. The van der Waals surface area contributed by atoms with Gasteiger partial charge in [0.2, 0.25) is 0 Å². The Morgan fingerprint density at radius 1 is 0.625 bits per heavy atom. The lowest BCUT2D eigenvalue weighted by Gasteiger charge is -2.46. The number of carbonyl (C=O) groups is 2. The molecule has 0 saturated carbocycles. The smallest absolute Gasteiger partial charge is 0.185 e. The highest BCUT2D eigenvalue weighted by Crippen LogP contribution is 2.67. The van der Waals surface area contributed by atoms with E-state index in [1.54, 1.807) is 23.5 Å². The summed E-state index contributed by atoms with van der Waals surface area (Å²) in [6.07, 6.45) is 6.41. The van der Waals surface area contributed by atoms with Gasteiger partial charge in [0, 0.05) is 22.3 Å². The van der Waals surface area contributed by atoms with E-state index in [-0.39, 0.29) is 22.6 Å². The topological polar surface area (TPSA) is 94.8 Å². The minimum atomic E-state index is -1.24. The molecule has 2 atom stereocenters. The van der Waals surface area contributed by atoms with Crippen molar-refractivity contribution in [2.75, 3.05) is 6.61 Å². The van der Waals surface area contributed by atoms with Crippen molar-refractivity contribution in [2.45, 2.75) is 116 Å². The predicted octanol–water partition coefficient (Wildman–Crippen LogP) is 6.43. The largest absolute Gasteiger partial charge is 0.394 e. The van der Waals surface area contributed by atoms with Gasteiger partial charge in [-0.25, -0.2) is 0 Å². The Morgan fingerprint density at radius 2 is 0.900 bits per heavy atom. The van der Waals surface area contributed by atoms with E-state index in [9.17, 15) is 24.9 Å². The van der Waals surface area contributed by atoms with Crippen LogP contribution in [-0.2, 0) is 9.59 Å². The minimum Gasteiger partial charge on any atom is -0.394 e. The molecule has 40 heavy (non-hydrogen) atoms. The second-order valence-corrected chi connectivity index (χ2v) is 19.0. The number of hydrogen-bond acceptors (Lipinski definition) is 7. The van der Waals surface area contributed by atoms with Crippen LogP contribution in [0.1, 0.15) is 89.5 Å². The van der Waals surface area contributed by atoms with Gasteiger partial charge in [-0.3, -0.25) is 9.59 Å². The zero-order chi connectivity index (χ0) is 30.9. The van der Waals surface area contributed by atoms with Gasteiger partial charge in [-0.15, -0.1) is 23.5 Å². The number of fused-ring (bicyclic) bond motifs is 1. The van der Waals surface area contributed by atoms with Crippen molar-refractivity contribution in [2.24, 2.45) is 21.7 Å². The molecule has 0 radical (unpaired) electrons. The zero-order valence-corrected chi connectivity index (χ0v) is 28.1. The molecule has 224 valence electrons. The molecule has 1 aliphatic heterocycles. The minimum absolute atomic E-state index is 0.0532. The van der Waals surface area contributed by atoms with Gasteiger partial charge >= 0.3 is 0 Å². The Morgan fingerprint density at radius 3 is 1.12 bits per heavy atom. The monoisotopic (exact) mass is 590 g/mol. The van der Waals surface area contributed by atoms with Gasteiger partial charge in [-0.1, -0.05) is 107 Å². The normalized spacial score (nSPS) is 23.7. The summed E-state index contributed by atoms with van der Waals surface area (Å²) >= 11 is 3.34. The second kappa shape index (κ2) is 10.6. The lowest BCUT2D eigenvalue weighted by molar-refractivity contribution is -0.115.